The number of nitrogens with two attached hydrogens (primary N) is 1. The molecule has 3 N–H and O–H groups in total. The fourth-order valence-electron chi connectivity index (χ4n) is 1.63. The molecule has 1 unspecified atom stereocenters. The number of carboxylic acid groups (broad SMARTS) is 1. The van der Waals surface area contributed by atoms with Gasteiger partial charge < -0.3 is 10.8 Å². The predicted octanol–water partition coefficient (Wildman–Crippen LogP) is 1.41. The lowest BCUT2D eigenvalue weighted by molar-refractivity contribution is -0.140. The van der Waals surface area contributed by atoms with Crippen LogP contribution in [0.15, 0.2) is 23.1 Å². The van der Waals surface area contributed by atoms with Crippen molar-refractivity contribution < 1.29 is 18.3 Å². The monoisotopic (exact) mass is 306 g/mol. The largest absolute Gasteiger partial charge is 0.480 e. The number of hydrogen-bond donors (Lipinski definition) is 2. The van der Waals surface area contributed by atoms with Crippen LogP contribution >= 0.6 is 11.6 Å². The van der Waals surface area contributed by atoms with Crippen LogP contribution in [-0.4, -0.2) is 36.4 Å². The van der Waals surface area contributed by atoms with Gasteiger partial charge in [-0.15, -0.1) is 0 Å². The van der Waals surface area contributed by atoms with Gasteiger partial charge in [0.05, 0.1) is 5.69 Å². The molecule has 0 saturated heterocycles. The average molecular weight is 307 g/mol. The van der Waals surface area contributed by atoms with E-state index in [-0.39, 0.29) is 22.2 Å². The number of sulfonamides is 1. The number of nitrogen functional groups attached to an aromatic ring is 1. The molecule has 0 spiro atoms. The van der Waals surface area contributed by atoms with Crippen molar-refractivity contribution in [2.75, 3.05) is 12.3 Å². The van der Waals surface area contributed by atoms with Gasteiger partial charge in [-0.2, -0.15) is 4.31 Å². The Hall–Kier alpha value is -1.31. The third kappa shape index (κ3) is 3.17. The number of halogens is 1. The van der Waals surface area contributed by atoms with Gasteiger partial charge in [0.1, 0.15) is 10.9 Å². The lowest BCUT2D eigenvalue weighted by atomic mass is 10.3. The summed E-state index contributed by atoms with van der Waals surface area (Å²) in [5.41, 5.74) is 5.66. The van der Waals surface area contributed by atoms with E-state index in [2.05, 4.69) is 0 Å². The zero-order valence-electron chi connectivity index (χ0n) is 10.5. The predicted molar refractivity (Wildman–Crippen MR) is 72.5 cm³/mol. The zero-order valence-corrected chi connectivity index (χ0v) is 12.1. The van der Waals surface area contributed by atoms with Crippen LogP contribution in [0.25, 0.3) is 0 Å². The van der Waals surface area contributed by atoms with Gasteiger partial charge in [0, 0.05) is 11.6 Å². The second-order valence-electron chi connectivity index (χ2n) is 3.90. The van der Waals surface area contributed by atoms with E-state index in [1.165, 1.54) is 25.1 Å². The lowest BCUT2D eigenvalue weighted by Crippen LogP contribution is -2.43. The Morgan fingerprint density at radius 3 is 2.58 bits per heavy atom. The maximum Gasteiger partial charge on any atom is 0.321 e. The minimum Gasteiger partial charge on any atom is -0.480 e. The molecule has 0 fully saturated rings. The third-order valence-corrected chi connectivity index (χ3v) is 5.00. The summed E-state index contributed by atoms with van der Waals surface area (Å²) in [5, 5.41) is 9.17. The first-order valence-corrected chi connectivity index (χ1v) is 7.33. The summed E-state index contributed by atoms with van der Waals surface area (Å²) in [5.74, 6) is -1.23. The number of carboxylic acids is 1. The van der Waals surface area contributed by atoms with E-state index in [1.807, 2.05) is 0 Å². The van der Waals surface area contributed by atoms with Crippen molar-refractivity contribution in [3.8, 4) is 0 Å². The summed E-state index contributed by atoms with van der Waals surface area (Å²) in [6.45, 7) is 2.86. The minimum atomic E-state index is -4.01. The topological polar surface area (TPSA) is 101 Å². The van der Waals surface area contributed by atoms with Gasteiger partial charge in [0.15, 0.2) is 0 Å². The number of benzene rings is 1. The number of anilines is 1. The molecule has 1 aromatic rings. The van der Waals surface area contributed by atoms with Gasteiger partial charge in [0.25, 0.3) is 0 Å². The maximum atomic E-state index is 12.4. The first kappa shape index (κ1) is 15.7. The van der Waals surface area contributed by atoms with E-state index in [4.69, 9.17) is 22.4 Å². The molecule has 1 rings (SSSR count). The third-order valence-electron chi connectivity index (χ3n) is 2.66. The normalized spacial score (nSPS) is 13.5. The van der Waals surface area contributed by atoms with Gasteiger partial charge in [-0.3, -0.25) is 4.79 Å². The number of rotatable bonds is 5. The Labute approximate surface area is 116 Å². The van der Waals surface area contributed by atoms with Crippen LogP contribution in [0.2, 0.25) is 5.02 Å². The molecular weight excluding hydrogens is 292 g/mol. The molecule has 0 aromatic heterocycles. The molecule has 0 aliphatic heterocycles. The van der Waals surface area contributed by atoms with E-state index in [1.54, 1.807) is 6.92 Å². The van der Waals surface area contributed by atoms with Crippen LogP contribution in [0.4, 0.5) is 5.69 Å². The molecule has 6 nitrogen and oxygen atoms in total. The van der Waals surface area contributed by atoms with Gasteiger partial charge in [-0.25, -0.2) is 8.42 Å². The molecule has 0 aliphatic carbocycles. The number of carbonyl (C=O) groups is 1. The fraction of sp³-hybridized carbons (Fsp3) is 0.364. The van der Waals surface area contributed by atoms with Crippen LogP contribution in [0, 0.1) is 0 Å². The fourth-order valence-corrected chi connectivity index (χ4v) is 3.61. The van der Waals surface area contributed by atoms with Crippen molar-refractivity contribution in [3.63, 3.8) is 0 Å². The molecule has 1 atom stereocenters. The van der Waals surface area contributed by atoms with E-state index in [0.29, 0.717) is 0 Å². The minimum absolute atomic E-state index is 0.0156. The number of hydrogen-bond acceptors (Lipinski definition) is 4. The van der Waals surface area contributed by atoms with E-state index < -0.39 is 22.0 Å². The number of likely N-dealkylation sites (N-methyl/N-ethyl adjacent to an activating group) is 1. The summed E-state index contributed by atoms with van der Waals surface area (Å²) in [7, 11) is -4.01. The molecule has 0 amide bonds. The Balaban J connectivity index is 3.36. The molecule has 0 saturated carbocycles. The standard InChI is InChI=1S/C11H15ClN2O4S/c1-3-14(7(2)11(15)16)19(17,18)10-6-8(12)4-5-9(10)13/h4-7H,3,13H2,1-2H3,(H,15,16). The van der Waals surface area contributed by atoms with Gasteiger partial charge in [-0.05, 0) is 25.1 Å². The highest BCUT2D eigenvalue weighted by Gasteiger charge is 2.32. The molecule has 1 aromatic carbocycles. The lowest BCUT2D eigenvalue weighted by Gasteiger charge is -2.24. The molecule has 0 heterocycles. The SMILES string of the molecule is CCN(C(C)C(=O)O)S(=O)(=O)c1cc(Cl)ccc1N. The number of nitrogens with zero attached hydrogens (tertiary/aromatic N) is 1. The van der Waals surface area contributed by atoms with Crippen molar-refractivity contribution in [2.24, 2.45) is 0 Å². The second kappa shape index (κ2) is 5.77. The molecule has 106 valence electrons. The van der Waals surface area contributed by atoms with Gasteiger partial charge in [-0.1, -0.05) is 18.5 Å². The average Bonchev–Trinajstić information content (AvgIpc) is 2.32. The highest BCUT2D eigenvalue weighted by atomic mass is 35.5. The first-order valence-electron chi connectivity index (χ1n) is 5.51. The van der Waals surface area contributed by atoms with Gasteiger partial charge >= 0.3 is 5.97 Å². The van der Waals surface area contributed by atoms with Crippen molar-refractivity contribution in [3.05, 3.63) is 23.2 Å². The highest BCUT2D eigenvalue weighted by molar-refractivity contribution is 7.89. The highest BCUT2D eigenvalue weighted by Crippen LogP contribution is 2.26. The molecule has 0 radical (unpaired) electrons. The Morgan fingerprint density at radius 1 is 1.53 bits per heavy atom. The van der Waals surface area contributed by atoms with Crippen molar-refractivity contribution in [1.29, 1.82) is 0 Å². The van der Waals surface area contributed by atoms with Gasteiger partial charge in [0.2, 0.25) is 10.0 Å². The van der Waals surface area contributed by atoms with E-state index in [9.17, 15) is 13.2 Å². The number of aliphatic carboxylic acids is 1. The van der Waals surface area contributed by atoms with Crippen LogP contribution in [-0.2, 0) is 14.8 Å². The quantitative estimate of drug-likeness (QED) is 0.801. The summed E-state index contributed by atoms with van der Waals surface area (Å²) >= 11 is 5.76. The summed E-state index contributed by atoms with van der Waals surface area (Å²) in [4.78, 5) is 10.8. The van der Waals surface area contributed by atoms with Crippen LogP contribution < -0.4 is 5.73 Å². The Kier molecular flexibility index (Phi) is 4.78. The second-order valence-corrected chi connectivity index (χ2v) is 6.20. The first-order chi connectivity index (χ1) is 8.71. The Morgan fingerprint density at radius 2 is 2.11 bits per heavy atom. The molecular formula is C11H15ClN2O4S. The molecule has 0 aliphatic rings. The van der Waals surface area contributed by atoms with Crippen molar-refractivity contribution >= 4 is 33.3 Å². The summed E-state index contributed by atoms with van der Waals surface area (Å²) in [6, 6.07) is 2.86. The summed E-state index contributed by atoms with van der Waals surface area (Å²) < 4.78 is 25.7. The van der Waals surface area contributed by atoms with Crippen LogP contribution in [0.1, 0.15) is 13.8 Å². The smallest absolute Gasteiger partial charge is 0.321 e. The summed E-state index contributed by atoms with van der Waals surface area (Å²) in [6.07, 6.45) is 0. The molecule has 19 heavy (non-hydrogen) atoms. The van der Waals surface area contributed by atoms with E-state index >= 15 is 0 Å². The van der Waals surface area contributed by atoms with Crippen molar-refractivity contribution in [2.45, 2.75) is 24.8 Å². The van der Waals surface area contributed by atoms with Crippen molar-refractivity contribution in [1.82, 2.24) is 4.31 Å². The van der Waals surface area contributed by atoms with Crippen LogP contribution in [0.5, 0.6) is 0 Å². The van der Waals surface area contributed by atoms with Crippen LogP contribution in [0.3, 0.4) is 0 Å². The zero-order chi connectivity index (χ0) is 14.8. The molecule has 8 heteroatoms. The maximum absolute atomic E-state index is 12.4. The Bertz CT molecular complexity index is 588. The van der Waals surface area contributed by atoms with E-state index in [0.717, 1.165) is 4.31 Å². The molecule has 0 bridgehead atoms.